The van der Waals surface area contributed by atoms with Gasteiger partial charge in [0.15, 0.2) is 0 Å². The molecule has 96 valence electrons. The highest BCUT2D eigenvalue weighted by Gasteiger charge is 2.22. The molecule has 16 heavy (non-hydrogen) atoms. The minimum absolute atomic E-state index is 0. The molecular weight excluding hydrogens is 247 g/mol. The second kappa shape index (κ2) is 8.65. The van der Waals surface area contributed by atoms with E-state index in [2.05, 4.69) is 10.2 Å². The van der Waals surface area contributed by atoms with Gasteiger partial charge in [0.25, 0.3) is 0 Å². The van der Waals surface area contributed by atoms with E-state index in [4.69, 9.17) is 10.8 Å². The molecule has 0 aliphatic rings. The maximum atomic E-state index is 7.24. The van der Waals surface area contributed by atoms with E-state index in [1.165, 1.54) is 12.4 Å². The molecule has 0 spiro atoms. The van der Waals surface area contributed by atoms with Gasteiger partial charge in [-0.05, 0) is 26.7 Å². The number of nitrogens with one attached hydrogen (secondary N) is 2. The Morgan fingerprint density at radius 3 is 1.25 bits per heavy atom. The van der Waals surface area contributed by atoms with E-state index in [1.807, 2.05) is 27.7 Å². The lowest BCUT2D eigenvalue weighted by molar-refractivity contribution is 0.503. The van der Waals surface area contributed by atoms with Gasteiger partial charge in [0.2, 0.25) is 0 Å². The summed E-state index contributed by atoms with van der Waals surface area (Å²) in [4.78, 5) is 0. The van der Waals surface area contributed by atoms with Crippen LogP contribution in [-0.2, 0) is 0 Å². The fourth-order valence-electron chi connectivity index (χ4n) is 0.632. The lowest BCUT2D eigenvalue weighted by Crippen LogP contribution is -2.26. The molecule has 0 aromatic rings. The minimum atomic E-state index is -0.514. The van der Waals surface area contributed by atoms with Crippen LogP contribution < -0.4 is 0 Å². The van der Waals surface area contributed by atoms with E-state index in [9.17, 15) is 0 Å². The summed E-state index contributed by atoms with van der Waals surface area (Å²) < 4.78 is 0. The molecule has 2 N–H and O–H groups in total. The van der Waals surface area contributed by atoms with Gasteiger partial charge in [-0.3, -0.25) is 0 Å². The van der Waals surface area contributed by atoms with Gasteiger partial charge in [-0.2, -0.15) is 10.2 Å². The van der Waals surface area contributed by atoms with Gasteiger partial charge in [-0.25, -0.2) is 0 Å². The molecular formula is C10H22Cl2N4. The molecule has 0 amide bonds. The smallest absolute Gasteiger partial charge is 0.113 e. The number of azo groups is 1. The van der Waals surface area contributed by atoms with Crippen molar-refractivity contribution < 1.29 is 0 Å². The van der Waals surface area contributed by atoms with Crippen LogP contribution in [0.5, 0.6) is 0 Å². The summed E-state index contributed by atoms with van der Waals surface area (Å²) in [6, 6.07) is 0. The molecule has 0 saturated heterocycles. The number of hydrogen-bond acceptors (Lipinski definition) is 4. The van der Waals surface area contributed by atoms with Gasteiger partial charge >= 0.3 is 0 Å². The number of halogens is 2. The summed E-state index contributed by atoms with van der Waals surface area (Å²) in [7, 11) is 0. The van der Waals surface area contributed by atoms with Crippen LogP contribution >= 0.6 is 24.8 Å². The van der Waals surface area contributed by atoms with Crippen molar-refractivity contribution in [1.29, 1.82) is 10.8 Å². The van der Waals surface area contributed by atoms with E-state index in [-0.39, 0.29) is 24.8 Å². The Kier molecular flexibility index (Phi) is 11.3. The van der Waals surface area contributed by atoms with Crippen LogP contribution in [-0.4, -0.2) is 23.5 Å². The summed E-state index contributed by atoms with van der Waals surface area (Å²) in [6.07, 6.45) is 4.10. The predicted octanol–water partition coefficient (Wildman–Crippen LogP) is 3.92. The Bertz CT molecular complexity index is 221. The minimum Gasteiger partial charge on any atom is -0.310 e. The first kappa shape index (κ1) is 20.9. The average molecular weight is 269 g/mol. The van der Waals surface area contributed by atoms with Gasteiger partial charge in [0, 0.05) is 12.4 Å². The Hall–Kier alpha value is -0.480. The predicted molar refractivity (Wildman–Crippen MR) is 74.3 cm³/mol. The van der Waals surface area contributed by atoms with E-state index in [0.29, 0.717) is 0 Å². The first-order valence-electron chi connectivity index (χ1n) is 4.92. The standard InChI is InChI=1S/C10H20N4.2ClH/c1-5-9(3,7-11)13-14-10(4,6-2)8-12;;/h7-8,11-12H,5-6H2,1-4H3;2*1H. The molecule has 0 aliphatic heterocycles. The topological polar surface area (TPSA) is 72.4 Å². The van der Waals surface area contributed by atoms with Crippen LogP contribution in [0, 0.1) is 10.8 Å². The highest BCUT2D eigenvalue weighted by molar-refractivity contribution is 5.85. The van der Waals surface area contributed by atoms with Crippen molar-refractivity contribution in [3.05, 3.63) is 0 Å². The third-order valence-electron chi connectivity index (χ3n) is 2.56. The third kappa shape index (κ3) is 6.18. The first-order valence-corrected chi connectivity index (χ1v) is 4.92. The zero-order valence-electron chi connectivity index (χ0n) is 10.3. The summed E-state index contributed by atoms with van der Waals surface area (Å²) >= 11 is 0. The SMILES string of the molecule is CCC(C)(C=N)N=NC(C)(C=N)CC.Cl.Cl. The summed E-state index contributed by atoms with van der Waals surface area (Å²) in [5, 5.41) is 22.8. The second-order valence-electron chi connectivity index (χ2n) is 3.91. The molecule has 0 aromatic heterocycles. The monoisotopic (exact) mass is 268 g/mol. The molecule has 0 fully saturated rings. The summed E-state index contributed by atoms with van der Waals surface area (Å²) in [6.45, 7) is 7.67. The van der Waals surface area contributed by atoms with E-state index >= 15 is 0 Å². The van der Waals surface area contributed by atoms with Crippen molar-refractivity contribution >= 4 is 37.2 Å². The Labute approximate surface area is 110 Å². The molecule has 2 atom stereocenters. The van der Waals surface area contributed by atoms with E-state index < -0.39 is 11.1 Å². The molecule has 2 unspecified atom stereocenters. The number of rotatable bonds is 6. The largest absolute Gasteiger partial charge is 0.310 e. The molecule has 0 aromatic carbocycles. The maximum Gasteiger partial charge on any atom is 0.113 e. The zero-order valence-corrected chi connectivity index (χ0v) is 11.9. The fourth-order valence-corrected chi connectivity index (χ4v) is 0.632. The highest BCUT2D eigenvalue weighted by atomic mass is 35.5. The third-order valence-corrected chi connectivity index (χ3v) is 2.56. The van der Waals surface area contributed by atoms with Crippen LogP contribution in [0.15, 0.2) is 10.2 Å². The maximum absolute atomic E-state index is 7.24. The van der Waals surface area contributed by atoms with Crippen LogP contribution in [0.4, 0.5) is 0 Å². The molecule has 0 heterocycles. The Balaban J connectivity index is -0.000000845. The molecule has 0 aliphatic carbocycles. The quantitative estimate of drug-likeness (QED) is 0.542. The summed E-state index contributed by atoms with van der Waals surface area (Å²) in [5.74, 6) is 0. The highest BCUT2D eigenvalue weighted by Crippen LogP contribution is 2.18. The van der Waals surface area contributed by atoms with Crippen LogP contribution in [0.3, 0.4) is 0 Å². The normalized spacial score (nSPS) is 17.5. The van der Waals surface area contributed by atoms with Gasteiger partial charge in [-0.1, -0.05) is 13.8 Å². The van der Waals surface area contributed by atoms with Crippen molar-refractivity contribution in [1.82, 2.24) is 0 Å². The summed E-state index contributed by atoms with van der Waals surface area (Å²) in [5.41, 5.74) is -1.03. The van der Waals surface area contributed by atoms with Crippen molar-refractivity contribution in [2.24, 2.45) is 10.2 Å². The average Bonchev–Trinajstić information content (AvgIpc) is 2.25. The molecule has 0 saturated carbocycles. The van der Waals surface area contributed by atoms with Crippen LogP contribution in [0.1, 0.15) is 40.5 Å². The van der Waals surface area contributed by atoms with Gasteiger partial charge < -0.3 is 10.8 Å². The van der Waals surface area contributed by atoms with Gasteiger partial charge in [-0.15, -0.1) is 24.8 Å². The number of nitrogens with zero attached hydrogens (tertiary/aromatic N) is 2. The van der Waals surface area contributed by atoms with Gasteiger partial charge in [0.1, 0.15) is 11.1 Å². The van der Waals surface area contributed by atoms with Crippen molar-refractivity contribution in [3.8, 4) is 0 Å². The molecule has 4 nitrogen and oxygen atoms in total. The molecule has 6 heteroatoms. The zero-order chi connectivity index (χ0) is 11.2. The van der Waals surface area contributed by atoms with Crippen molar-refractivity contribution in [3.63, 3.8) is 0 Å². The lowest BCUT2D eigenvalue weighted by Gasteiger charge is -2.20. The van der Waals surface area contributed by atoms with E-state index in [1.54, 1.807) is 0 Å². The second-order valence-corrected chi connectivity index (χ2v) is 3.91. The molecule has 0 bridgehead atoms. The number of hydrogen-bond donors (Lipinski definition) is 2. The van der Waals surface area contributed by atoms with Crippen LogP contribution in [0.2, 0.25) is 0 Å². The Morgan fingerprint density at radius 2 is 1.12 bits per heavy atom. The van der Waals surface area contributed by atoms with Crippen molar-refractivity contribution in [2.75, 3.05) is 0 Å². The van der Waals surface area contributed by atoms with Crippen LogP contribution in [0.25, 0.3) is 0 Å². The lowest BCUT2D eigenvalue weighted by atomic mass is 10.0. The Morgan fingerprint density at radius 1 is 0.875 bits per heavy atom. The molecule has 0 rings (SSSR count). The van der Waals surface area contributed by atoms with E-state index in [0.717, 1.165) is 12.8 Å². The molecule has 0 radical (unpaired) electrons. The first-order chi connectivity index (χ1) is 6.45. The fraction of sp³-hybridized carbons (Fsp3) is 0.800. The van der Waals surface area contributed by atoms with Gasteiger partial charge in [0.05, 0.1) is 0 Å². The van der Waals surface area contributed by atoms with Crippen molar-refractivity contribution in [2.45, 2.75) is 51.6 Å².